The molecule has 3 rings (SSSR count). The van der Waals surface area contributed by atoms with E-state index in [-0.39, 0.29) is 16.9 Å². The molecular formula is C15H12N2O6. The second-order valence-electron chi connectivity index (χ2n) is 4.78. The molecule has 1 aliphatic rings. The van der Waals surface area contributed by atoms with Crippen molar-refractivity contribution in [3.63, 3.8) is 0 Å². The second kappa shape index (κ2) is 5.84. The molecule has 23 heavy (non-hydrogen) atoms. The van der Waals surface area contributed by atoms with Gasteiger partial charge in [-0.2, -0.15) is 0 Å². The highest BCUT2D eigenvalue weighted by Crippen LogP contribution is 2.34. The van der Waals surface area contributed by atoms with Gasteiger partial charge in [0.1, 0.15) is 13.2 Å². The van der Waals surface area contributed by atoms with Crippen LogP contribution in [0.2, 0.25) is 0 Å². The van der Waals surface area contributed by atoms with Crippen molar-refractivity contribution in [2.75, 3.05) is 18.5 Å². The van der Waals surface area contributed by atoms with E-state index in [4.69, 9.17) is 9.47 Å². The maximum absolute atomic E-state index is 11.3. The van der Waals surface area contributed by atoms with Crippen molar-refractivity contribution in [2.45, 2.75) is 0 Å². The average Bonchev–Trinajstić information content (AvgIpc) is 2.54. The van der Waals surface area contributed by atoms with Crippen LogP contribution >= 0.6 is 0 Å². The molecule has 1 heterocycles. The number of hydrogen-bond donors (Lipinski definition) is 2. The topological polar surface area (TPSA) is 111 Å². The van der Waals surface area contributed by atoms with Gasteiger partial charge in [-0.15, -0.1) is 0 Å². The number of nitro benzene ring substituents is 1. The van der Waals surface area contributed by atoms with Gasteiger partial charge in [0, 0.05) is 23.9 Å². The predicted octanol–water partition coefficient (Wildman–Crippen LogP) is 2.81. The molecule has 0 fully saturated rings. The van der Waals surface area contributed by atoms with E-state index in [2.05, 4.69) is 5.32 Å². The predicted molar refractivity (Wildman–Crippen MR) is 80.8 cm³/mol. The number of rotatable bonds is 4. The van der Waals surface area contributed by atoms with Crippen molar-refractivity contribution in [3.8, 4) is 11.5 Å². The molecule has 118 valence electrons. The molecule has 0 spiro atoms. The van der Waals surface area contributed by atoms with E-state index in [0.29, 0.717) is 30.4 Å². The molecule has 0 bridgehead atoms. The normalized spacial score (nSPS) is 12.5. The molecule has 0 saturated carbocycles. The number of carbonyl (C=O) groups is 1. The molecule has 2 aromatic carbocycles. The molecule has 8 nitrogen and oxygen atoms in total. The Kier molecular flexibility index (Phi) is 3.71. The van der Waals surface area contributed by atoms with Crippen LogP contribution in [0.1, 0.15) is 10.4 Å². The number of carboxylic acids is 1. The highest BCUT2D eigenvalue weighted by molar-refractivity contribution is 5.96. The first-order valence-electron chi connectivity index (χ1n) is 6.73. The Hall–Kier alpha value is -3.29. The number of carboxylic acid groups (broad SMARTS) is 1. The Morgan fingerprint density at radius 1 is 1.13 bits per heavy atom. The molecule has 2 aromatic rings. The van der Waals surface area contributed by atoms with Gasteiger partial charge < -0.3 is 19.9 Å². The Balaban J connectivity index is 1.93. The average molecular weight is 316 g/mol. The molecule has 0 amide bonds. The van der Waals surface area contributed by atoms with Crippen LogP contribution in [0.25, 0.3) is 0 Å². The Bertz CT molecular complexity index is 790. The molecule has 0 atom stereocenters. The van der Waals surface area contributed by atoms with E-state index in [1.165, 1.54) is 12.1 Å². The lowest BCUT2D eigenvalue weighted by atomic mass is 10.1. The highest BCUT2D eigenvalue weighted by Gasteiger charge is 2.17. The minimum Gasteiger partial charge on any atom is -0.486 e. The Morgan fingerprint density at radius 3 is 2.57 bits per heavy atom. The second-order valence-corrected chi connectivity index (χ2v) is 4.78. The number of non-ortho nitro benzene ring substituents is 1. The zero-order valence-electron chi connectivity index (χ0n) is 11.8. The summed E-state index contributed by atoms with van der Waals surface area (Å²) in [7, 11) is 0. The van der Waals surface area contributed by atoms with Crippen LogP contribution in [0.15, 0.2) is 36.4 Å². The summed E-state index contributed by atoms with van der Waals surface area (Å²) in [4.78, 5) is 21.4. The summed E-state index contributed by atoms with van der Waals surface area (Å²) in [5.41, 5.74) is 0.370. The van der Waals surface area contributed by atoms with Gasteiger partial charge in [-0.3, -0.25) is 10.1 Å². The monoisotopic (exact) mass is 316 g/mol. The highest BCUT2D eigenvalue weighted by atomic mass is 16.6. The minimum atomic E-state index is -1.26. The third-order valence-electron chi connectivity index (χ3n) is 3.27. The third kappa shape index (κ3) is 3.00. The zero-order valence-corrected chi connectivity index (χ0v) is 11.8. The van der Waals surface area contributed by atoms with Gasteiger partial charge in [0.05, 0.1) is 16.2 Å². The number of aromatic carboxylic acids is 1. The summed E-state index contributed by atoms with van der Waals surface area (Å²) >= 11 is 0. The maximum Gasteiger partial charge on any atom is 0.338 e. The van der Waals surface area contributed by atoms with Gasteiger partial charge in [-0.1, -0.05) is 0 Å². The first-order chi connectivity index (χ1) is 11.0. The standard InChI is InChI=1S/C15H12N2O6/c18-15(19)11-8-10(17(20)21)2-3-12(11)16-9-1-4-13-14(7-9)23-6-5-22-13/h1-4,7-8,16H,5-6H2,(H,18,19). The Morgan fingerprint density at radius 2 is 1.87 bits per heavy atom. The number of nitrogens with one attached hydrogen (secondary N) is 1. The molecular weight excluding hydrogens is 304 g/mol. The number of benzene rings is 2. The largest absolute Gasteiger partial charge is 0.486 e. The number of fused-ring (bicyclic) bond motifs is 1. The van der Waals surface area contributed by atoms with Gasteiger partial charge in [0.2, 0.25) is 0 Å². The number of anilines is 2. The van der Waals surface area contributed by atoms with Crippen LogP contribution in [0.5, 0.6) is 11.5 Å². The van der Waals surface area contributed by atoms with Gasteiger partial charge >= 0.3 is 5.97 Å². The Labute approximate surface area is 130 Å². The fourth-order valence-corrected chi connectivity index (χ4v) is 2.21. The molecule has 0 aliphatic carbocycles. The van der Waals surface area contributed by atoms with Crippen molar-refractivity contribution in [1.82, 2.24) is 0 Å². The summed E-state index contributed by atoms with van der Waals surface area (Å²) in [5, 5.41) is 22.9. The van der Waals surface area contributed by atoms with Gasteiger partial charge in [-0.05, 0) is 18.2 Å². The van der Waals surface area contributed by atoms with Crippen molar-refractivity contribution < 1.29 is 24.3 Å². The summed E-state index contributed by atoms with van der Waals surface area (Å²) in [6, 6.07) is 8.72. The van der Waals surface area contributed by atoms with Gasteiger partial charge in [-0.25, -0.2) is 4.79 Å². The molecule has 8 heteroatoms. The summed E-state index contributed by atoms with van der Waals surface area (Å²) in [5.74, 6) is -0.0854. The molecule has 0 unspecified atom stereocenters. The van der Waals surface area contributed by atoms with Crippen molar-refractivity contribution in [2.24, 2.45) is 0 Å². The number of nitro groups is 1. The molecule has 1 aliphatic heterocycles. The fraction of sp³-hybridized carbons (Fsp3) is 0.133. The number of nitrogens with zero attached hydrogens (tertiary/aromatic N) is 1. The smallest absolute Gasteiger partial charge is 0.338 e. The first-order valence-corrected chi connectivity index (χ1v) is 6.73. The van der Waals surface area contributed by atoms with Gasteiger partial charge in [0.25, 0.3) is 5.69 Å². The van der Waals surface area contributed by atoms with Gasteiger partial charge in [0.15, 0.2) is 11.5 Å². The van der Waals surface area contributed by atoms with Crippen molar-refractivity contribution in [1.29, 1.82) is 0 Å². The van der Waals surface area contributed by atoms with E-state index < -0.39 is 10.9 Å². The van der Waals surface area contributed by atoms with Crippen LogP contribution in [0.3, 0.4) is 0 Å². The van der Waals surface area contributed by atoms with E-state index >= 15 is 0 Å². The summed E-state index contributed by atoms with van der Waals surface area (Å²) in [6.07, 6.45) is 0. The number of hydrogen-bond acceptors (Lipinski definition) is 6. The quantitative estimate of drug-likeness (QED) is 0.659. The van der Waals surface area contributed by atoms with Crippen LogP contribution in [0, 0.1) is 10.1 Å². The maximum atomic E-state index is 11.3. The van der Waals surface area contributed by atoms with E-state index in [0.717, 1.165) is 6.07 Å². The molecule has 0 saturated heterocycles. The third-order valence-corrected chi connectivity index (χ3v) is 3.27. The van der Waals surface area contributed by atoms with Crippen molar-refractivity contribution >= 4 is 23.0 Å². The zero-order chi connectivity index (χ0) is 16.4. The fourth-order valence-electron chi connectivity index (χ4n) is 2.21. The first kappa shape index (κ1) is 14.6. The van der Waals surface area contributed by atoms with Crippen molar-refractivity contribution in [3.05, 3.63) is 52.1 Å². The molecule has 0 radical (unpaired) electrons. The van der Waals surface area contributed by atoms with Crippen LogP contribution in [-0.2, 0) is 0 Å². The lowest BCUT2D eigenvalue weighted by Crippen LogP contribution is -2.15. The van der Waals surface area contributed by atoms with Crippen LogP contribution < -0.4 is 14.8 Å². The summed E-state index contributed by atoms with van der Waals surface area (Å²) in [6.45, 7) is 0.916. The molecule has 2 N–H and O–H groups in total. The number of ether oxygens (including phenoxy) is 2. The summed E-state index contributed by atoms with van der Waals surface area (Å²) < 4.78 is 10.9. The van der Waals surface area contributed by atoms with Crippen LogP contribution in [-0.4, -0.2) is 29.2 Å². The SMILES string of the molecule is O=C(O)c1cc([N+](=O)[O-])ccc1Nc1ccc2c(c1)OCCO2. The lowest BCUT2D eigenvalue weighted by molar-refractivity contribution is -0.384. The molecule has 0 aromatic heterocycles. The van der Waals surface area contributed by atoms with E-state index in [1.54, 1.807) is 18.2 Å². The van der Waals surface area contributed by atoms with E-state index in [1.807, 2.05) is 0 Å². The lowest BCUT2D eigenvalue weighted by Gasteiger charge is -2.19. The van der Waals surface area contributed by atoms with Crippen LogP contribution in [0.4, 0.5) is 17.1 Å². The minimum absolute atomic E-state index is 0.186. The van der Waals surface area contributed by atoms with E-state index in [9.17, 15) is 20.0 Å².